The highest BCUT2D eigenvalue weighted by molar-refractivity contribution is 5.93. The third kappa shape index (κ3) is 4.00. The number of benzene rings is 1. The Labute approximate surface area is 166 Å². The number of hydrogen-bond acceptors (Lipinski definition) is 6. The Morgan fingerprint density at radius 1 is 1.17 bits per heavy atom. The lowest BCUT2D eigenvalue weighted by Crippen LogP contribution is -2.44. The zero-order valence-corrected chi connectivity index (χ0v) is 15.9. The number of halogens is 2. The molecule has 7 nitrogen and oxygen atoms in total. The van der Waals surface area contributed by atoms with E-state index in [-0.39, 0.29) is 29.8 Å². The number of nitrogens with zero attached hydrogens (tertiary/aromatic N) is 5. The number of carbonyl (C=O) groups excluding carboxylic acids is 1. The van der Waals surface area contributed by atoms with E-state index in [9.17, 15) is 13.6 Å². The fourth-order valence-corrected chi connectivity index (χ4v) is 3.30. The summed E-state index contributed by atoms with van der Waals surface area (Å²) in [6.45, 7) is 4.25. The second-order valence-electron chi connectivity index (χ2n) is 6.82. The molecule has 0 spiro atoms. The highest BCUT2D eigenvalue weighted by Gasteiger charge is 2.21. The van der Waals surface area contributed by atoms with Crippen molar-refractivity contribution in [2.24, 2.45) is 0 Å². The van der Waals surface area contributed by atoms with Gasteiger partial charge in [-0.3, -0.25) is 9.48 Å². The van der Waals surface area contributed by atoms with Crippen LogP contribution in [0.2, 0.25) is 0 Å². The molecule has 150 valence electrons. The van der Waals surface area contributed by atoms with Crippen LogP contribution in [0.3, 0.4) is 0 Å². The fourth-order valence-electron chi connectivity index (χ4n) is 3.30. The van der Waals surface area contributed by atoms with Crippen LogP contribution in [0.5, 0.6) is 0 Å². The third-order valence-electron chi connectivity index (χ3n) is 4.79. The zero-order chi connectivity index (χ0) is 20.4. The van der Waals surface area contributed by atoms with Crippen molar-refractivity contribution in [1.29, 1.82) is 0 Å². The molecule has 1 N–H and O–H groups in total. The molecule has 3 aromatic rings. The van der Waals surface area contributed by atoms with Gasteiger partial charge in [-0.05, 0) is 12.1 Å². The van der Waals surface area contributed by atoms with Crippen LogP contribution in [-0.4, -0.2) is 51.7 Å². The molecule has 1 aliphatic rings. The lowest BCUT2D eigenvalue weighted by Gasteiger charge is -2.28. The molecule has 0 unspecified atom stereocenters. The second-order valence-corrected chi connectivity index (χ2v) is 6.82. The molecule has 9 heteroatoms. The monoisotopic (exact) mass is 398 g/mol. The molecule has 1 fully saturated rings. The van der Waals surface area contributed by atoms with Gasteiger partial charge in [0.15, 0.2) is 23.2 Å². The zero-order valence-electron chi connectivity index (χ0n) is 15.9. The first kappa shape index (κ1) is 19.1. The van der Waals surface area contributed by atoms with Gasteiger partial charge in [0.05, 0.1) is 12.7 Å². The van der Waals surface area contributed by atoms with Gasteiger partial charge in [-0.25, -0.2) is 18.7 Å². The Bertz CT molecular complexity index is 1050. The number of aromatic nitrogens is 4. The van der Waals surface area contributed by atoms with Crippen molar-refractivity contribution in [2.75, 3.05) is 31.1 Å². The average molecular weight is 398 g/mol. The predicted octanol–water partition coefficient (Wildman–Crippen LogP) is 2.28. The van der Waals surface area contributed by atoms with Crippen molar-refractivity contribution in [2.45, 2.75) is 13.5 Å². The molecule has 2 aromatic heterocycles. The highest BCUT2D eigenvalue weighted by Crippen LogP contribution is 2.22. The molecule has 0 saturated carbocycles. The molecule has 0 amide bonds. The SMILES string of the molecule is CC(=O)c1cc(-c2ncc(F)c(N3CCNCC3)n2)nn1Cc1ccccc1F. The van der Waals surface area contributed by atoms with Crippen LogP contribution in [0, 0.1) is 11.6 Å². The molecule has 1 aliphatic heterocycles. The number of anilines is 1. The van der Waals surface area contributed by atoms with Gasteiger partial charge in [-0.15, -0.1) is 0 Å². The van der Waals surface area contributed by atoms with Crippen LogP contribution in [0.25, 0.3) is 11.5 Å². The first-order valence-corrected chi connectivity index (χ1v) is 9.33. The van der Waals surface area contributed by atoms with Crippen molar-refractivity contribution < 1.29 is 13.6 Å². The van der Waals surface area contributed by atoms with Crippen molar-refractivity contribution in [3.05, 3.63) is 59.4 Å². The number of rotatable bonds is 5. The van der Waals surface area contributed by atoms with Gasteiger partial charge in [0.1, 0.15) is 17.2 Å². The van der Waals surface area contributed by atoms with E-state index in [1.807, 2.05) is 4.90 Å². The highest BCUT2D eigenvalue weighted by atomic mass is 19.1. The summed E-state index contributed by atoms with van der Waals surface area (Å²) in [4.78, 5) is 22.3. The minimum atomic E-state index is -0.506. The molecule has 0 radical (unpaired) electrons. The maximum Gasteiger partial charge on any atom is 0.183 e. The van der Waals surface area contributed by atoms with Crippen molar-refractivity contribution in [3.63, 3.8) is 0 Å². The topological polar surface area (TPSA) is 75.9 Å². The van der Waals surface area contributed by atoms with E-state index in [0.717, 1.165) is 19.3 Å². The first-order valence-electron chi connectivity index (χ1n) is 9.33. The number of nitrogens with one attached hydrogen (secondary N) is 1. The smallest absolute Gasteiger partial charge is 0.183 e. The van der Waals surface area contributed by atoms with E-state index < -0.39 is 5.82 Å². The molecule has 1 saturated heterocycles. The molecule has 3 heterocycles. The Morgan fingerprint density at radius 3 is 2.66 bits per heavy atom. The second kappa shape index (κ2) is 8.04. The predicted molar refractivity (Wildman–Crippen MR) is 104 cm³/mol. The average Bonchev–Trinajstić information content (AvgIpc) is 3.15. The molecule has 0 aliphatic carbocycles. The Kier molecular flexibility index (Phi) is 5.30. The van der Waals surface area contributed by atoms with Gasteiger partial charge in [0.2, 0.25) is 0 Å². The lowest BCUT2D eigenvalue weighted by atomic mass is 10.2. The normalized spacial score (nSPS) is 14.2. The molecule has 0 atom stereocenters. The third-order valence-corrected chi connectivity index (χ3v) is 4.79. The standard InChI is InChI=1S/C20H20F2N6O/c1-13(29)18-10-17(26-28(18)12-14-4-2-3-5-15(14)21)19-24-11-16(22)20(25-19)27-8-6-23-7-9-27/h2-5,10-11,23H,6-9,12H2,1H3. The number of ketones is 1. The lowest BCUT2D eigenvalue weighted by molar-refractivity contribution is 0.100. The summed E-state index contributed by atoms with van der Waals surface area (Å²) in [6.07, 6.45) is 1.11. The quantitative estimate of drug-likeness (QED) is 0.665. The van der Waals surface area contributed by atoms with E-state index in [0.29, 0.717) is 30.0 Å². The summed E-state index contributed by atoms with van der Waals surface area (Å²) in [5, 5.41) is 7.61. The maximum absolute atomic E-state index is 14.3. The van der Waals surface area contributed by atoms with Crippen molar-refractivity contribution in [3.8, 4) is 11.5 Å². The van der Waals surface area contributed by atoms with E-state index in [4.69, 9.17) is 0 Å². The van der Waals surface area contributed by atoms with E-state index in [2.05, 4.69) is 20.4 Å². The summed E-state index contributed by atoms with van der Waals surface area (Å²) in [5.41, 5.74) is 1.05. The summed E-state index contributed by atoms with van der Waals surface area (Å²) in [6, 6.07) is 7.87. The van der Waals surface area contributed by atoms with Gasteiger partial charge in [-0.2, -0.15) is 5.10 Å². The molecule has 29 heavy (non-hydrogen) atoms. The number of carbonyl (C=O) groups is 1. The van der Waals surface area contributed by atoms with Crippen molar-refractivity contribution in [1.82, 2.24) is 25.1 Å². The number of piperazine rings is 1. The Morgan fingerprint density at radius 2 is 1.93 bits per heavy atom. The van der Waals surface area contributed by atoms with E-state index in [1.54, 1.807) is 24.3 Å². The van der Waals surface area contributed by atoms with Crippen molar-refractivity contribution >= 4 is 11.6 Å². The number of hydrogen-bond donors (Lipinski definition) is 1. The maximum atomic E-state index is 14.3. The Hall–Kier alpha value is -3.20. The fraction of sp³-hybridized carbons (Fsp3) is 0.300. The molecule has 0 bridgehead atoms. The van der Waals surface area contributed by atoms with Crippen LogP contribution in [0.15, 0.2) is 36.5 Å². The van der Waals surface area contributed by atoms with Crippen LogP contribution in [0.4, 0.5) is 14.6 Å². The van der Waals surface area contributed by atoms with Crippen LogP contribution >= 0.6 is 0 Å². The molecular formula is C20H20F2N6O. The van der Waals surface area contributed by atoms with Gasteiger partial charge in [0, 0.05) is 38.7 Å². The molecular weight excluding hydrogens is 378 g/mol. The Balaban J connectivity index is 1.70. The molecule has 1 aromatic carbocycles. The van der Waals surface area contributed by atoms with Gasteiger partial charge in [0.25, 0.3) is 0 Å². The largest absolute Gasteiger partial charge is 0.352 e. The van der Waals surface area contributed by atoms with E-state index in [1.165, 1.54) is 17.7 Å². The van der Waals surface area contributed by atoms with Gasteiger partial charge in [-0.1, -0.05) is 18.2 Å². The van der Waals surface area contributed by atoms with E-state index >= 15 is 0 Å². The summed E-state index contributed by atoms with van der Waals surface area (Å²) >= 11 is 0. The van der Waals surface area contributed by atoms with Gasteiger partial charge >= 0.3 is 0 Å². The molecule has 4 rings (SSSR count). The minimum Gasteiger partial charge on any atom is -0.352 e. The van der Waals surface area contributed by atoms with Crippen LogP contribution in [0.1, 0.15) is 23.0 Å². The summed E-state index contributed by atoms with van der Waals surface area (Å²) in [5.74, 6) is -0.671. The summed E-state index contributed by atoms with van der Waals surface area (Å²) in [7, 11) is 0. The van der Waals surface area contributed by atoms with Crippen LogP contribution < -0.4 is 10.2 Å². The van der Waals surface area contributed by atoms with Gasteiger partial charge < -0.3 is 10.2 Å². The first-order chi connectivity index (χ1) is 14.0. The summed E-state index contributed by atoms with van der Waals surface area (Å²) < 4.78 is 29.8. The minimum absolute atomic E-state index is 0.0907. The number of Topliss-reactive ketones (excluding diaryl/α,β-unsaturated/α-hetero) is 1. The van der Waals surface area contributed by atoms with Crippen LogP contribution in [-0.2, 0) is 6.54 Å².